The number of amides is 1. The second-order valence-corrected chi connectivity index (χ2v) is 6.63. The van der Waals surface area contributed by atoms with Gasteiger partial charge in [0.05, 0.1) is 11.3 Å². The van der Waals surface area contributed by atoms with Gasteiger partial charge in [-0.2, -0.15) is 0 Å². The molecular formula is C19H25N5O. The van der Waals surface area contributed by atoms with Crippen LogP contribution in [0.3, 0.4) is 0 Å². The zero-order valence-corrected chi connectivity index (χ0v) is 15.1. The van der Waals surface area contributed by atoms with E-state index in [1.165, 1.54) is 5.56 Å². The lowest BCUT2D eigenvalue weighted by atomic mass is 10.1. The Labute approximate surface area is 148 Å². The predicted molar refractivity (Wildman–Crippen MR) is 98.8 cm³/mol. The number of rotatable bonds is 4. The van der Waals surface area contributed by atoms with Gasteiger partial charge in [-0.3, -0.25) is 4.79 Å². The van der Waals surface area contributed by atoms with E-state index >= 15 is 0 Å². The van der Waals surface area contributed by atoms with E-state index in [0.29, 0.717) is 23.8 Å². The van der Waals surface area contributed by atoms with Gasteiger partial charge >= 0.3 is 0 Å². The fourth-order valence-electron chi connectivity index (χ4n) is 2.82. The first-order chi connectivity index (χ1) is 12.0. The maximum atomic E-state index is 12.4. The number of anilines is 1. The molecule has 1 amide bonds. The molecule has 1 saturated heterocycles. The Kier molecular flexibility index (Phi) is 5.28. The molecule has 6 heteroatoms. The first kappa shape index (κ1) is 17.4. The molecule has 1 aliphatic heterocycles. The molecule has 2 aromatic rings. The Balaban J connectivity index is 1.63. The summed E-state index contributed by atoms with van der Waals surface area (Å²) in [5.74, 6) is 0.573. The van der Waals surface area contributed by atoms with Crippen molar-refractivity contribution in [1.82, 2.24) is 20.2 Å². The highest BCUT2D eigenvalue weighted by Gasteiger charge is 2.18. The van der Waals surface area contributed by atoms with E-state index in [1.54, 1.807) is 6.20 Å². The van der Waals surface area contributed by atoms with Crippen molar-refractivity contribution in [3.8, 4) is 0 Å². The van der Waals surface area contributed by atoms with Crippen molar-refractivity contribution in [2.24, 2.45) is 0 Å². The molecule has 0 unspecified atom stereocenters. The maximum absolute atomic E-state index is 12.4. The lowest BCUT2D eigenvalue weighted by Crippen LogP contribution is -2.45. The van der Waals surface area contributed by atoms with Gasteiger partial charge in [-0.1, -0.05) is 29.8 Å². The number of nitrogens with one attached hydrogen (secondary N) is 1. The van der Waals surface area contributed by atoms with Crippen molar-refractivity contribution in [1.29, 1.82) is 0 Å². The van der Waals surface area contributed by atoms with Crippen LogP contribution in [0.15, 0.2) is 30.5 Å². The molecule has 0 radical (unpaired) electrons. The number of benzene rings is 1. The quantitative estimate of drug-likeness (QED) is 0.920. The molecule has 0 atom stereocenters. The number of hydrogen-bond acceptors (Lipinski definition) is 5. The molecule has 1 N–H and O–H groups in total. The van der Waals surface area contributed by atoms with E-state index in [-0.39, 0.29) is 5.91 Å². The smallest absolute Gasteiger partial charge is 0.254 e. The molecule has 0 bridgehead atoms. The van der Waals surface area contributed by atoms with E-state index in [2.05, 4.69) is 32.1 Å². The van der Waals surface area contributed by atoms with E-state index in [0.717, 1.165) is 31.7 Å². The minimum absolute atomic E-state index is 0.136. The summed E-state index contributed by atoms with van der Waals surface area (Å²) in [6, 6.07) is 8.13. The number of hydrogen-bond donors (Lipinski definition) is 1. The van der Waals surface area contributed by atoms with Gasteiger partial charge in [0.2, 0.25) is 5.95 Å². The van der Waals surface area contributed by atoms with Gasteiger partial charge in [-0.25, -0.2) is 9.97 Å². The molecule has 25 heavy (non-hydrogen) atoms. The lowest BCUT2D eigenvalue weighted by molar-refractivity contribution is 0.0949. The highest BCUT2D eigenvalue weighted by atomic mass is 16.1. The number of piperazine rings is 1. The third-order valence-corrected chi connectivity index (χ3v) is 4.57. The fourth-order valence-corrected chi connectivity index (χ4v) is 2.82. The summed E-state index contributed by atoms with van der Waals surface area (Å²) in [5, 5.41) is 2.94. The third kappa shape index (κ3) is 4.33. The normalized spacial score (nSPS) is 15.2. The molecule has 0 saturated carbocycles. The molecule has 132 valence electrons. The predicted octanol–water partition coefficient (Wildman–Crippen LogP) is 1.78. The van der Waals surface area contributed by atoms with Gasteiger partial charge in [0, 0.05) is 38.9 Å². The van der Waals surface area contributed by atoms with Crippen LogP contribution in [0.5, 0.6) is 0 Å². The second-order valence-electron chi connectivity index (χ2n) is 6.63. The summed E-state index contributed by atoms with van der Waals surface area (Å²) >= 11 is 0. The zero-order chi connectivity index (χ0) is 17.8. The van der Waals surface area contributed by atoms with Crippen LogP contribution < -0.4 is 10.2 Å². The molecule has 1 aliphatic rings. The van der Waals surface area contributed by atoms with Crippen LogP contribution in [0.25, 0.3) is 0 Å². The molecule has 1 aromatic heterocycles. The number of nitrogens with zero attached hydrogens (tertiary/aromatic N) is 4. The van der Waals surface area contributed by atoms with E-state index in [9.17, 15) is 4.79 Å². The minimum Gasteiger partial charge on any atom is -0.348 e. The van der Waals surface area contributed by atoms with Crippen LogP contribution in [0, 0.1) is 13.8 Å². The van der Waals surface area contributed by atoms with Crippen molar-refractivity contribution in [2.75, 3.05) is 38.1 Å². The van der Waals surface area contributed by atoms with Crippen LogP contribution in [0.4, 0.5) is 5.95 Å². The van der Waals surface area contributed by atoms with Crippen molar-refractivity contribution in [3.63, 3.8) is 0 Å². The van der Waals surface area contributed by atoms with Crippen LogP contribution >= 0.6 is 0 Å². The first-order valence-electron chi connectivity index (χ1n) is 8.64. The Morgan fingerprint density at radius 2 is 1.80 bits per heavy atom. The summed E-state index contributed by atoms with van der Waals surface area (Å²) < 4.78 is 0. The van der Waals surface area contributed by atoms with Gasteiger partial charge < -0.3 is 15.1 Å². The molecule has 1 fully saturated rings. The molecule has 0 spiro atoms. The molecule has 1 aromatic carbocycles. The Morgan fingerprint density at radius 3 is 2.44 bits per heavy atom. The molecule has 2 heterocycles. The topological polar surface area (TPSA) is 61.4 Å². The van der Waals surface area contributed by atoms with Gasteiger partial charge in [-0.05, 0) is 26.5 Å². The number of carbonyl (C=O) groups is 1. The highest BCUT2D eigenvalue weighted by Crippen LogP contribution is 2.13. The summed E-state index contributed by atoms with van der Waals surface area (Å²) in [6.07, 6.45) is 1.64. The van der Waals surface area contributed by atoms with Crippen molar-refractivity contribution in [3.05, 3.63) is 52.8 Å². The number of likely N-dealkylation sites (N-methyl/N-ethyl adjacent to an activating group) is 1. The molecule has 6 nitrogen and oxygen atoms in total. The average Bonchev–Trinajstić information content (AvgIpc) is 2.61. The van der Waals surface area contributed by atoms with Gasteiger partial charge in [0.1, 0.15) is 0 Å². The Bertz CT molecular complexity index is 736. The summed E-state index contributed by atoms with van der Waals surface area (Å²) in [5.41, 5.74) is 3.53. The number of aromatic nitrogens is 2. The highest BCUT2D eigenvalue weighted by molar-refractivity contribution is 5.94. The minimum atomic E-state index is -0.136. The average molecular weight is 339 g/mol. The third-order valence-electron chi connectivity index (χ3n) is 4.57. The standard InChI is InChI=1S/C19H25N5O/c1-14-4-6-16(7-5-14)12-20-18(25)17-13-21-19(22-15(17)2)24-10-8-23(3)9-11-24/h4-7,13H,8-12H2,1-3H3,(H,20,25). The van der Waals surface area contributed by atoms with E-state index in [4.69, 9.17) is 0 Å². The molecule has 3 rings (SSSR count). The van der Waals surface area contributed by atoms with Crippen LogP contribution in [-0.4, -0.2) is 54.0 Å². The molecule has 0 aliphatic carbocycles. The number of carbonyl (C=O) groups excluding carboxylic acids is 1. The van der Waals surface area contributed by atoms with Crippen LogP contribution in [-0.2, 0) is 6.54 Å². The summed E-state index contributed by atoms with van der Waals surface area (Å²) in [4.78, 5) is 25.8. The zero-order valence-electron chi connectivity index (χ0n) is 15.1. The van der Waals surface area contributed by atoms with Crippen LogP contribution in [0.1, 0.15) is 27.2 Å². The summed E-state index contributed by atoms with van der Waals surface area (Å²) in [7, 11) is 2.12. The van der Waals surface area contributed by atoms with Crippen molar-refractivity contribution < 1.29 is 4.79 Å². The van der Waals surface area contributed by atoms with Crippen molar-refractivity contribution >= 4 is 11.9 Å². The summed E-state index contributed by atoms with van der Waals surface area (Å²) in [6.45, 7) is 8.23. The molecular weight excluding hydrogens is 314 g/mol. The van der Waals surface area contributed by atoms with Crippen LogP contribution in [0.2, 0.25) is 0 Å². The lowest BCUT2D eigenvalue weighted by Gasteiger charge is -2.32. The second kappa shape index (κ2) is 7.61. The Morgan fingerprint density at radius 1 is 1.12 bits per heavy atom. The van der Waals surface area contributed by atoms with E-state index < -0.39 is 0 Å². The SMILES string of the molecule is Cc1ccc(CNC(=O)c2cnc(N3CCN(C)CC3)nc2C)cc1. The monoisotopic (exact) mass is 339 g/mol. The first-order valence-corrected chi connectivity index (χ1v) is 8.64. The van der Waals surface area contributed by atoms with Gasteiger partial charge in [0.25, 0.3) is 5.91 Å². The largest absolute Gasteiger partial charge is 0.348 e. The maximum Gasteiger partial charge on any atom is 0.254 e. The van der Waals surface area contributed by atoms with Gasteiger partial charge in [-0.15, -0.1) is 0 Å². The van der Waals surface area contributed by atoms with Gasteiger partial charge in [0.15, 0.2) is 0 Å². The van der Waals surface area contributed by atoms with Crippen molar-refractivity contribution in [2.45, 2.75) is 20.4 Å². The van der Waals surface area contributed by atoms with E-state index in [1.807, 2.05) is 38.1 Å². The Hall–Kier alpha value is -2.47. The number of aryl methyl sites for hydroxylation is 2. The fraction of sp³-hybridized carbons (Fsp3) is 0.421.